The van der Waals surface area contributed by atoms with Crippen molar-refractivity contribution in [2.24, 2.45) is 0 Å². The first kappa shape index (κ1) is 21.3. The predicted octanol–water partition coefficient (Wildman–Crippen LogP) is 3.93. The minimum absolute atomic E-state index is 0.0948. The van der Waals surface area contributed by atoms with Crippen LogP contribution in [0.15, 0.2) is 0 Å². The van der Waals surface area contributed by atoms with Crippen molar-refractivity contribution in [2.45, 2.75) is 78.4 Å². The lowest BCUT2D eigenvalue weighted by atomic mass is 10.2. The zero-order valence-corrected chi connectivity index (χ0v) is 14.5. The molecule has 0 N–H and O–H groups in total. The van der Waals surface area contributed by atoms with E-state index in [1.54, 1.807) is 13.8 Å². The fraction of sp³-hybridized carbons (Fsp3) is 0.938. The minimum atomic E-state index is -1.30. The van der Waals surface area contributed by atoms with Gasteiger partial charge in [0.2, 0.25) is 5.79 Å². The van der Waals surface area contributed by atoms with Crippen molar-refractivity contribution in [2.75, 3.05) is 19.8 Å². The Balaban J connectivity index is 4.19. The molecule has 0 unspecified atom stereocenters. The molecule has 0 aromatic rings. The summed E-state index contributed by atoms with van der Waals surface area (Å²) >= 11 is 0. The van der Waals surface area contributed by atoms with Crippen LogP contribution in [0.3, 0.4) is 0 Å². The number of unbranched alkanes of at least 4 members (excludes halogenated alkanes) is 4. The van der Waals surface area contributed by atoms with E-state index in [2.05, 4.69) is 13.8 Å². The number of ether oxygens (including phenoxy) is 1. The lowest BCUT2D eigenvalue weighted by Crippen LogP contribution is -2.36. The monoisotopic (exact) mass is 320 g/mol. The van der Waals surface area contributed by atoms with E-state index in [1.807, 2.05) is 0 Å². The van der Waals surface area contributed by atoms with Crippen molar-refractivity contribution in [3.63, 3.8) is 0 Å². The van der Waals surface area contributed by atoms with Crippen molar-refractivity contribution < 1.29 is 29.1 Å². The van der Waals surface area contributed by atoms with Gasteiger partial charge in [0.15, 0.2) is 0 Å². The molecule has 0 saturated heterocycles. The highest BCUT2D eigenvalue weighted by Crippen LogP contribution is 2.20. The Morgan fingerprint density at radius 1 is 0.864 bits per heavy atom. The molecule has 0 aromatic carbocycles. The molecule has 0 amide bonds. The number of hydrogen-bond donors (Lipinski definition) is 0. The van der Waals surface area contributed by atoms with E-state index in [0.29, 0.717) is 19.8 Å². The molecule has 0 aromatic heterocycles. The summed E-state index contributed by atoms with van der Waals surface area (Å²) in [4.78, 5) is 32.4. The van der Waals surface area contributed by atoms with Crippen molar-refractivity contribution in [1.82, 2.24) is 0 Å². The van der Waals surface area contributed by atoms with Gasteiger partial charge in [-0.05, 0) is 26.7 Å². The zero-order chi connectivity index (χ0) is 16.7. The van der Waals surface area contributed by atoms with E-state index >= 15 is 0 Å². The number of rotatable bonds is 15. The quantitative estimate of drug-likeness (QED) is 0.150. The predicted molar refractivity (Wildman–Crippen MR) is 82.8 cm³/mol. The summed E-state index contributed by atoms with van der Waals surface area (Å²) in [5.41, 5.74) is 0. The molecule has 0 spiro atoms. The Labute approximate surface area is 134 Å². The fourth-order valence-corrected chi connectivity index (χ4v) is 1.70. The summed E-state index contributed by atoms with van der Waals surface area (Å²) in [6.45, 7) is 8.78. The SMILES string of the molecule is CCCCCOOC(C)(CC(=O)OCC)OOCCCCC. The average Bonchev–Trinajstić information content (AvgIpc) is 2.47. The van der Waals surface area contributed by atoms with Gasteiger partial charge in [0, 0.05) is 0 Å². The molecule has 0 radical (unpaired) electrons. The van der Waals surface area contributed by atoms with E-state index < -0.39 is 11.8 Å². The molecule has 6 nitrogen and oxygen atoms in total. The Kier molecular flexibility index (Phi) is 13.5. The number of esters is 1. The molecule has 6 heteroatoms. The fourth-order valence-electron chi connectivity index (χ4n) is 1.70. The van der Waals surface area contributed by atoms with Crippen molar-refractivity contribution in [3.8, 4) is 0 Å². The highest BCUT2D eigenvalue weighted by molar-refractivity contribution is 5.70. The molecule has 0 saturated carbocycles. The van der Waals surface area contributed by atoms with Gasteiger partial charge in [-0.3, -0.25) is 4.79 Å². The largest absolute Gasteiger partial charge is 0.466 e. The van der Waals surface area contributed by atoms with E-state index in [9.17, 15) is 4.79 Å². The summed E-state index contributed by atoms with van der Waals surface area (Å²) in [6, 6.07) is 0. The molecule has 0 rings (SSSR count). The van der Waals surface area contributed by atoms with E-state index in [1.165, 1.54) is 0 Å². The molecule has 0 fully saturated rings. The van der Waals surface area contributed by atoms with Crippen LogP contribution in [0, 0.1) is 0 Å². The van der Waals surface area contributed by atoms with E-state index in [0.717, 1.165) is 38.5 Å². The van der Waals surface area contributed by atoms with Gasteiger partial charge in [-0.25, -0.2) is 9.78 Å². The van der Waals surface area contributed by atoms with Crippen LogP contribution in [0.2, 0.25) is 0 Å². The standard InChI is InChI=1S/C16H32O6/c1-5-8-10-12-19-21-16(4,14-15(17)18-7-3)22-20-13-11-9-6-2/h5-14H2,1-4H3. The topological polar surface area (TPSA) is 63.2 Å². The normalized spacial score (nSPS) is 11.6. The molecule has 0 bridgehead atoms. The Bertz CT molecular complexity index is 255. The van der Waals surface area contributed by atoms with Crippen LogP contribution in [0.1, 0.15) is 72.6 Å². The first-order valence-corrected chi connectivity index (χ1v) is 8.34. The minimum Gasteiger partial charge on any atom is -0.466 e. The second-order valence-corrected chi connectivity index (χ2v) is 5.34. The van der Waals surface area contributed by atoms with Gasteiger partial charge in [0.25, 0.3) is 0 Å². The second-order valence-electron chi connectivity index (χ2n) is 5.34. The summed E-state index contributed by atoms with van der Waals surface area (Å²) < 4.78 is 4.92. The third-order valence-electron chi connectivity index (χ3n) is 2.90. The van der Waals surface area contributed by atoms with Gasteiger partial charge in [0.1, 0.15) is 6.42 Å². The highest BCUT2D eigenvalue weighted by atomic mass is 17.3. The Morgan fingerprint density at radius 3 is 1.77 bits per heavy atom. The molecule has 132 valence electrons. The maximum atomic E-state index is 11.6. The van der Waals surface area contributed by atoms with Gasteiger partial charge in [0.05, 0.1) is 19.8 Å². The molecular formula is C16H32O6. The lowest BCUT2D eigenvalue weighted by Gasteiger charge is -2.25. The van der Waals surface area contributed by atoms with Gasteiger partial charge < -0.3 is 4.74 Å². The molecule has 0 heterocycles. The molecule has 22 heavy (non-hydrogen) atoms. The van der Waals surface area contributed by atoms with Crippen LogP contribution < -0.4 is 0 Å². The zero-order valence-electron chi connectivity index (χ0n) is 14.5. The lowest BCUT2D eigenvalue weighted by molar-refractivity contribution is -0.505. The smallest absolute Gasteiger partial charge is 0.311 e. The molecule has 0 aliphatic rings. The van der Waals surface area contributed by atoms with Crippen LogP contribution in [0.4, 0.5) is 0 Å². The molecule has 0 atom stereocenters. The van der Waals surface area contributed by atoms with Crippen LogP contribution in [-0.4, -0.2) is 31.6 Å². The third-order valence-corrected chi connectivity index (χ3v) is 2.90. The summed E-state index contributed by atoms with van der Waals surface area (Å²) in [7, 11) is 0. The van der Waals surface area contributed by atoms with Gasteiger partial charge in [-0.1, -0.05) is 39.5 Å². The first-order chi connectivity index (χ1) is 10.6. The third kappa shape index (κ3) is 11.9. The number of hydrogen-bond acceptors (Lipinski definition) is 6. The van der Waals surface area contributed by atoms with Crippen LogP contribution in [0.25, 0.3) is 0 Å². The van der Waals surface area contributed by atoms with Gasteiger partial charge in [-0.2, -0.15) is 9.78 Å². The van der Waals surface area contributed by atoms with Gasteiger partial charge >= 0.3 is 5.97 Å². The van der Waals surface area contributed by atoms with Crippen molar-refractivity contribution >= 4 is 5.97 Å². The summed E-state index contributed by atoms with van der Waals surface area (Å²) in [5.74, 6) is -1.72. The highest BCUT2D eigenvalue weighted by Gasteiger charge is 2.34. The van der Waals surface area contributed by atoms with Gasteiger partial charge in [-0.15, -0.1) is 0 Å². The number of carbonyl (C=O) groups is 1. The van der Waals surface area contributed by atoms with Crippen molar-refractivity contribution in [1.29, 1.82) is 0 Å². The number of carbonyl (C=O) groups excluding carboxylic acids is 1. The Morgan fingerprint density at radius 2 is 1.36 bits per heavy atom. The van der Waals surface area contributed by atoms with Crippen LogP contribution in [-0.2, 0) is 29.1 Å². The Hall–Kier alpha value is -0.690. The maximum Gasteiger partial charge on any atom is 0.311 e. The molecule has 0 aliphatic heterocycles. The van der Waals surface area contributed by atoms with E-state index in [4.69, 9.17) is 24.3 Å². The average molecular weight is 320 g/mol. The van der Waals surface area contributed by atoms with Crippen molar-refractivity contribution in [3.05, 3.63) is 0 Å². The van der Waals surface area contributed by atoms with Crippen LogP contribution >= 0.6 is 0 Å². The van der Waals surface area contributed by atoms with Crippen LogP contribution in [0.5, 0.6) is 0 Å². The first-order valence-electron chi connectivity index (χ1n) is 8.34. The molecule has 0 aliphatic carbocycles. The second kappa shape index (κ2) is 13.9. The van der Waals surface area contributed by atoms with E-state index in [-0.39, 0.29) is 6.42 Å². The maximum absolute atomic E-state index is 11.6. The molecular weight excluding hydrogens is 288 g/mol. The summed E-state index contributed by atoms with van der Waals surface area (Å²) in [6.07, 6.45) is 6.01. The summed E-state index contributed by atoms with van der Waals surface area (Å²) in [5, 5.41) is 0.